The molecule has 0 fully saturated rings. The van der Waals surface area contributed by atoms with Crippen molar-refractivity contribution in [2.24, 2.45) is 0 Å². The lowest BCUT2D eigenvalue weighted by atomic mass is 10.2. The van der Waals surface area contributed by atoms with Crippen LogP contribution in [0.2, 0.25) is 0 Å². The number of aromatic nitrogens is 2. The van der Waals surface area contributed by atoms with E-state index in [1.807, 2.05) is 36.4 Å². The zero-order chi connectivity index (χ0) is 19.1. The van der Waals surface area contributed by atoms with Crippen LogP contribution in [0.5, 0.6) is 0 Å². The monoisotopic (exact) mass is 382 g/mol. The lowest BCUT2D eigenvalue weighted by Crippen LogP contribution is -2.27. The summed E-state index contributed by atoms with van der Waals surface area (Å²) in [6.07, 6.45) is 0. The van der Waals surface area contributed by atoms with E-state index in [2.05, 4.69) is 15.5 Å². The molecule has 3 aromatic rings. The lowest BCUT2D eigenvalue weighted by Gasteiger charge is -2.16. The number of hydrogen-bond acceptors (Lipinski definition) is 6. The number of hydrogen-bond donors (Lipinski definition) is 1. The second-order valence-corrected chi connectivity index (χ2v) is 6.51. The Morgan fingerprint density at radius 3 is 2.41 bits per heavy atom. The van der Waals surface area contributed by atoms with Gasteiger partial charge in [0.2, 0.25) is 11.8 Å². The molecule has 0 atom stereocenters. The Bertz CT molecular complexity index is 900. The van der Waals surface area contributed by atoms with E-state index in [-0.39, 0.29) is 35.2 Å². The summed E-state index contributed by atoms with van der Waals surface area (Å²) in [5.74, 6) is 0.153. The Labute approximate surface area is 160 Å². The molecule has 0 saturated heterocycles. The molecule has 1 aromatic heterocycles. The van der Waals surface area contributed by atoms with E-state index in [4.69, 9.17) is 4.42 Å². The third-order valence-corrected chi connectivity index (χ3v) is 4.52. The standard InChI is InChI=1S/C19H18N4O3S/c1-23(15-10-6-3-7-11-15)17(24)13-27-19-22-21-16(26-19)12-20-18(25)14-8-4-2-5-9-14/h2-11H,12-13H2,1H3,(H,20,25). The zero-order valence-corrected chi connectivity index (χ0v) is 15.5. The number of thioether (sulfide) groups is 1. The summed E-state index contributed by atoms with van der Waals surface area (Å²) >= 11 is 1.16. The Kier molecular flexibility index (Phi) is 6.22. The molecule has 0 radical (unpaired) electrons. The van der Waals surface area contributed by atoms with Gasteiger partial charge >= 0.3 is 0 Å². The van der Waals surface area contributed by atoms with Gasteiger partial charge in [-0.3, -0.25) is 9.59 Å². The minimum Gasteiger partial charge on any atom is -0.414 e. The summed E-state index contributed by atoms with van der Waals surface area (Å²) in [7, 11) is 1.72. The van der Waals surface area contributed by atoms with E-state index < -0.39 is 0 Å². The number of carbonyl (C=O) groups is 2. The first kappa shape index (κ1) is 18.7. The molecule has 0 bridgehead atoms. The number of rotatable bonds is 7. The number of anilines is 1. The lowest BCUT2D eigenvalue weighted by molar-refractivity contribution is -0.115. The topological polar surface area (TPSA) is 88.3 Å². The summed E-state index contributed by atoms with van der Waals surface area (Å²) in [5.41, 5.74) is 1.37. The molecule has 0 aliphatic rings. The molecule has 138 valence electrons. The van der Waals surface area contributed by atoms with Gasteiger partial charge < -0.3 is 14.6 Å². The Morgan fingerprint density at radius 2 is 1.70 bits per heavy atom. The number of benzene rings is 2. The predicted molar refractivity (Wildman–Crippen MR) is 102 cm³/mol. The Hall–Kier alpha value is -3.13. The van der Waals surface area contributed by atoms with Crippen LogP contribution in [0.4, 0.5) is 5.69 Å². The van der Waals surface area contributed by atoms with Crippen molar-refractivity contribution in [3.05, 3.63) is 72.1 Å². The SMILES string of the molecule is CN(C(=O)CSc1nnc(CNC(=O)c2ccccc2)o1)c1ccccc1. The van der Waals surface area contributed by atoms with E-state index in [1.54, 1.807) is 36.2 Å². The van der Waals surface area contributed by atoms with Gasteiger partial charge in [-0.25, -0.2) is 0 Å². The summed E-state index contributed by atoms with van der Waals surface area (Å²) in [4.78, 5) is 25.8. The average Bonchev–Trinajstić information content (AvgIpc) is 3.19. The van der Waals surface area contributed by atoms with Crippen molar-refractivity contribution < 1.29 is 14.0 Å². The van der Waals surface area contributed by atoms with Crippen molar-refractivity contribution in [2.75, 3.05) is 17.7 Å². The molecule has 2 amide bonds. The second-order valence-electron chi connectivity index (χ2n) is 5.59. The van der Waals surface area contributed by atoms with Crippen molar-refractivity contribution in [1.29, 1.82) is 0 Å². The highest BCUT2D eigenvalue weighted by atomic mass is 32.2. The minimum atomic E-state index is -0.220. The first-order valence-corrected chi connectivity index (χ1v) is 9.22. The fourth-order valence-corrected chi connectivity index (χ4v) is 2.93. The van der Waals surface area contributed by atoms with Gasteiger partial charge in [-0.15, -0.1) is 10.2 Å². The van der Waals surface area contributed by atoms with Crippen molar-refractivity contribution in [3.63, 3.8) is 0 Å². The van der Waals surface area contributed by atoms with E-state index >= 15 is 0 Å². The fourth-order valence-electron chi connectivity index (χ4n) is 2.23. The molecule has 7 nitrogen and oxygen atoms in total. The molecule has 27 heavy (non-hydrogen) atoms. The highest BCUT2D eigenvalue weighted by Crippen LogP contribution is 2.18. The van der Waals surface area contributed by atoms with Crippen LogP contribution in [-0.4, -0.2) is 34.8 Å². The van der Waals surface area contributed by atoms with Gasteiger partial charge in [-0.1, -0.05) is 48.2 Å². The van der Waals surface area contributed by atoms with Crippen LogP contribution in [0.15, 0.2) is 70.3 Å². The number of carbonyl (C=O) groups excluding carboxylic acids is 2. The van der Waals surface area contributed by atoms with Crippen LogP contribution in [-0.2, 0) is 11.3 Å². The van der Waals surface area contributed by atoms with Gasteiger partial charge in [0.15, 0.2) is 0 Å². The average molecular weight is 382 g/mol. The van der Waals surface area contributed by atoms with E-state index in [0.717, 1.165) is 17.4 Å². The molecule has 0 aliphatic carbocycles. The largest absolute Gasteiger partial charge is 0.414 e. The Morgan fingerprint density at radius 1 is 1.04 bits per heavy atom. The normalized spacial score (nSPS) is 10.4. The van der Waals surface area contributed by atoms with Gasteiger partial charge in [-0.05, 0) is 24.3 Å². The molecule has 1 N–H and O–H groups in total. The molecule has 2 aromatic carbocycles. The predicted octanol–water partition coefficient (Wildman–Crippen LogP) is 2.75. The first-order chi connectivity index (χ1) is 13.1. The van der Waals surface area contributed by atoms with Gasteiger partial charge in [0, 0.05) is 18.3 Å². The summed E-state index contributed by atoms with van der Waals surface area (Å²) in [6.45, 7) is 0.124. The molecule has 0 saturated carbocycles. The number of nitrogens with one attached hydrogen (secondary N) is 1. The van der Waals surface area contributed by atoms with Crippen molar-refractivity contribution >= 4 is 29.3 Å². The van der Waals surface area contributed by atoms with Crippen LogP contribution in [0.25, 0.3) is 0 Å². The second kappa shape index (κ2) is 9.00. The van der Waals surface area contributed by atoms with Crippen molar-refractivity contribution in [1.82, 2.24) is 15.5 Å². The van der Waals surface area contributed by atoms with Gasteiger partial charge in [0.05, 0.1) is 12.3 Å². The third kappa shape index (κ3) is 5.18. The summed E-state index contributed by atoms with van der Waals surface area (Å²) < 4.78 is 5.46. The van der Waals surface area contributed by atoms with Gasteiger partial charge in [-0.2, -0.15) is 0 Å². The van der Waals surface area contributed by atoms with E-state index in [0.29, 0.717) is 5.56 Å². The molecule has 0 unspecified atom stereocenters. The van der Waals surface area contributed by atoms with E-state index in [9.17, 15) is 9.59 Å². The number of nitrogens with zero attached hydrogens (tertiary/aromatic N) is 3. The fraction of sp³-hybridized carbons (Fsp3) is 0.158. The molecule has 1 heterocycles. The molecule has 8 heteroatoms. The quantitative estimate of drug-likeness (QED) is 0.632. The highest BCUT2D eigenvalue weighted by molar-refractivity contribution is 7.99. The van der Waals surface area contributed by atoms with Crippen LogP contribution in [0.1, 0.15) is 16.2 Å². The van der Waals surface area contributed by atoms with Crippen molar-refractivity contribution in [3.8, 4) is 0 Å². The van der Waals surface area contributed by atoms with Crippen LogP contribution in [0.3, 0.4) is 0 Å². The molecule has 0 aliphatic heterocycles. The van der Waals surface area contributed by atoms with Crippen molar-refractivity contribution in [2.45, 2.75) is 11.8 Å². The Balaban J connectivity index is 1.48. The van der Waals surface area contributed by atoms with Gasteiger partial charge in [0.1, 0.15) is 0 Å². The molecular weight excluding hydrogens is 364 g/mol. The maximum absolute atomic E-state index is 12.3. The van der Waals surface area contributed by atoms with Gasteiger partial charge in [0.25, 0.3) is 11.1 Å². The number of para-hydroxylation sites is 1. The smallest absolute Gasteiger partial charge is 0.277 e. The van der Waals surface area contributed by atoms with Crippen LogP contribution >= 0.6 is 11.8 Å². The highest BCUT2D eigenvalue weighted by Gasteiger charge is 2.14. The maximum atomic E-state index is 12.3. The van der Waals surface area contributed by atoms with Crippen LogP contribution in [0, 0.1) is 0 Å². The zero-order valence-electron chi connectivity index (χ0n) is 14.7. The summed E-state index contributed by atoms with van der Waals surface area (Å²) in [6, 6.07) is 18.2. The maximum Gasteiger partial charge on any atom is 0.277 e. The third-order valence-electron chi connectivity index (χ3n) is 3.72. The molecule has 3 rings (SSSR count). The van der Waals surface area contributed by atoms with Crippen LogP contribution < -0.4 is 10.2 Å². The molecule has 0 spiro atoms. The first-order valence-electron chi connectivity index (χ1n) is 8.23. The summed E-state index contributed by atoms with van der Waals surface area (Å²) in [5, 5.41) is 10.8. The molecular formula is C19H18N4O3S. The van der Waals surface area contributed by atoms with E-state index in [1.165, 1.54) is 0 Å². The minimum absolute atomic E-state index is 0.0802. The number of amides is 2.